The lowest BCUT2D eigenvalue weighted by molar-refractivity contribution is -0.133. The van der Waals surface area contributed by atoms with Gasteiger partial charge in [0.25, 0.3) is 0 Å². The van der Waals surface area contributed by atoms with Crippen molar-refractivity contribution in [1.82, 2.24) is 9.61 Å². The smallest absolute Gasteiger partial charge is 0.184 e. The molecule has 1 saturated carbocycles. The third-order valence-corrected chi connectivity index (χ3v) is 3.44. The molecule has 0 saturated heterocycles. The van der Waals surface area contributed by atoms with Crippen molar-refractivity contribution in [1.29, 1.82) is 0 Å². The van der Waals surface area contributed by atoms with E-state index < -0.39 is 11.7 Å². The van der Waals surface area contributed by atoms with E-state index in [1.165, 1.54) is 6.20 Å². The Morgan fingerprint density at radius 2 is 1.95 bits per heavy atom. The second-order valence-corrected chi connectivity index (χ2v) is 4.67. The summed E-state index contributed by atoms with van der Waals surface area (Å²) in [6.45, 7) is 0. The van der Waals surface area contributed by atoms with E-state index in [1.54, 1.807) is 28.9 Å². The van der Waals surface area contributed by atoms with Crippen LogP contribution in [0.1, 0.15) is 29.6 Å². The van der Waals surface area contributed by atoms with Crippen LogP contribution in [0.4, 0.5) is 0 Å². The molecule has 5 nitrogen and oxygen atoms in total. The number of pyridine rings is 1. The molecule has 1 aliphatic rings. The second-order valence-electron chi connectivity index (χ2n) is 4.67. The molecule has 1 aliphatic carbocycles. The molecule has 19 heavy (non-hydrogen) atoms. The summed E-state index contributed by atoms with van der Waals surface area (Å²) >= 11 is 0. The van der Waals surface area contributed by atoms with Gasteiger partial charge >= 0.3 is 0 Å². The Hall–Kier alpha value is -2.30. The van der Waals surface area contributed by atoms with Gasteiger partial charge in [-0.05, 0) is 18.6 Å². The molecule has 0 aromatic carbocycles. The number of carbonyl (C=O) groups excluding carboxylic acids is 3. The van der Waals surface area contributed by atoms with Crippen molar-refractivity contribution < 1.29 is 14.4 Å². The maximum atomic E-state index is 12.4. The molecule has 0 spiro atoms. The number of fused-ring (bicyclic) bond motifs is 1. The van der Waals surface area contributed by atoms with Crippen LogP contribution in [0.2, 0.25) is 0 Å². The Bertz CT molecular complexity index is 671. The highest BCUT2D eigenvalue weighted by Crippen LogP contribution is 2.23. The van der Waals surface area contributed by atoms with Crippen molar-refractivity contribution in [2.24, 2.45) is 5.92 Å². The lowest BCUT2D eigenvalue weighted by atomic mass is 9.82. The third-order valence-electron chi connectivity index (χ3n) is 3.44. The van der Waals surface area contributed by atoms with Gasteiger partial charge < -0.3 is 0 Å². The predicted octanol–water partition coefficient (Wildman–Crippen LogP) is 1.46. The van der Waals surface area contributed by atoms with E-state index in [4.69, 9.17) is 0 Å². The Morgan fingerprint density at radius 1 is 1.21 bits per heavy atom. The Balaban J connectivity index is 2.04. The van der Waals surface area contributed by atoms with Crippen molar-refractivity contribution in [2.45, 2.75) is 19.3 Å². The van der Waals surface area contributed by atoms with Crippen molar-refractivity contribution in [3.05, 3.63) is 36.2 Å². The van der Waals surface area contributed by atoms with Crippen LogP contribution in [0.5, 0.6) is 0 Å². The number of carbonyl (C=O) groups is 3. The summed E-state index contributed by atoms with van der Waals surface area (Å²) in [5.41, 5.74) is 0.966. The first kappa shape index (κ1) is 11.8. The molecule has 2 heterocycles. The fourth-order valence-corrected chi connectivity index (χ4v) is 2.48. The SMILES string of the molecule is O=C1CCCC(=O)C1C(=O)c1cnn2ccccc12. The van der Waals surface area contributed by atoms with E-state index >= 15 is 0 Å². The summed E-state index contributed by atoms with van der Waals surface area (Å²) in [5.74, 6) is -2.08. The van der Waals surface area contributed by atoms with E-state index in [1.807, 2.05) is 0 Å². The molecule has 0 aliphatic heterocycles. The minimum atomic E-state index is -1.12. The van der Waals surface area contributed by atoms with Gasteiger partial charge in [-0.15, -0.1) is 0 Å². The van der Waals surface area contributed by atoms with E-state index in [2.05, 4.69) is 5.10 Å². The average molecular weight is 256 g/mol. The number of nitrogens with zero attached hydrogens (tertiary/aromatic N) is 2. The monoisotopic (exact) mass is 256 g/mol. The lowest BCUT2D eigenvalue weighted by Crippen LogP contribution is -2.35. The third kappa shape index (κ3) is 1.87. The molecule has 0 atom stereocenters. The highest BCUT2D eigenvalue weighted by atomic mass is 16.2. The minimum absolute atomic E-state index is 0.267. The van der Waals surface area contributed by atoms with Crippen LogP contribution in [-0.4, -0.2) is 27.0 Å². The zero-order chi connectivity index (χ0) is 13.4. The first-order valence-electron chi connectivity index (χ1n) is 6.20. The summed E-state index contributed by atoms with van der Waals surface area (Å²) in [7, 11) is 0. The minimum Gasteiger partial charge on any atom is -0.298 e. The molecule has 96 valence electrons. The molecule has 0 bridgehead atoms. The summed E-state index contributed by atoms with van der Waals surface area (Å²) in [4.78, 5) is 36.0. The molecule has 3 rings (SSSR count). The highest BCUT2D eigenvalue weighted by molar-refractivity contribution is 6.26. The molecule has 0 N–H and O–H groups in total. The predicted molar refractivity (Wildman–Crippen MR) is 66.9 cm³/mol. The van der Waals surface area contributed by atoms with Gasteiger partial charge in [-0.2, -0.15) is 5.10 Å². The quantitative estimate of drug-likeness (QED) is 0.602. The Labute approximate surface area is 109 Å². The van der Waals surface area contributed by atoms with Crippen LogP contribution < -0.4 is 0 Å². The van der Waals surface area contributed by atoms with Crippen molar-refractivity contribution in [3.63, 3.8) is 0 Å². The maximum absolute atomic E-state index is 12.4. The number of rotatable bonds is 2. The fraction of sp³-hybridized carbons (Fsp3) is 0.286. The van der Waals surface area contributed by atoms with Crippen LogP contribution >= 0.6 is 0 Å². The van der Waals surface area contributed by atoms with Gasteiger partial charge in [-0.25, -0.2) is 4.52 Å². The molecule has 5 heteroatoms. The standard InChI is InChI=1S/C14H12N2O3/c17-11-5-3-6-12(18)13(11)14(19)9-8-15-16-7-2-1-4-10(9)16/h1-2,4,7-8,13H,3,5-6H2. The van der Waals surface area contributed by atoms with Crippen LogP contribution in [0.15, 0.2) is 30.6 Å². The molecule has 0 amide bonds. The van der Waals surface area contributed by atoms with Crippen LogP contribution in [-0.2, 0) is 9.59 Å². The van der Waals surface area contributed by atoms with Crippen LogP contribution in [0.25, 0.3) is 5.52 Å². The first-order valence-corrected chi connectivity index (χ1v) is 6.20. The fourth-order valence-electron chi connectivity index (χ4n) is 2.48. The van der Waals surface area contributed by atoms with E-state index in [0.717, 1.165) is 0 Å². The lowest BCUT2D eigenvalue weighted by Gasteiger charge is -2.17. The van der Waals surface area contributed by atoms with Crippen molar-refractivity contribution in [2.75, 3.05) is 0 Å². The second kappa shape index (κ2) is 4.42. The molecule has 0 radical (unpaired) electrons. The molecule has 0 unspecified atom stereocenters. The molecule has 1 fully saturated rings. The van der Waals surface area contributed by atoms with E-state index in [-0.39, 0.29) is 11.6 Å². The molecule has 2 aromatic heterocycles. The Morgan fingerprint density at radius 3 is 2.68 bits per heavy atom. The number of aromatic nitrogens is 2. The molecule has 2 aromatic rings. The van der Waals surface area contributed by atoms with Gasteiger partial charge in [-0.3, -0.25) is 14.4 Å². The summed E-state index contributed by atoms with van der Waals surface area (Å²) < 4.78 is 1.56. The van der Waals surface area contributed by atoms with Crippen LogP contribution in [0.3, 0.4) is 0 Å². The number of hydrogen-bond donors (Lipinski definition) is 0. The summed E-state index contributed by atoms with van der Waals surface area (Å²) in [6.07, 6.45) is 4.31. The normalized spacial score (nSPS) is 17.1. The van der Waals surface area contributed by atoms with Gasteiger partial charge in [0, 0.05) is 19.0 Å². The summed E-state index contributed by atoms with van der Waals surface area (Å²) in [5, 5.41) is 4.06. The van der Waals surface area contributed by atoms with E-state index in [9.17, 15) is 14.4 Å². The van der Waals surface area contributed by atoms with Gasteiger partial charge in [0.05, 0.1) is 17.3 Å². The maximum Gasteiger partial charge on any atom is 0.184 e. The zero-order valence-electron chi connectivity index (χ0n) is 10.2. The van der Waals surface area contributed by atoms with Crippen molar-refractivity contribution in [3.8, 4) is 0 Å². The number of Topliss-reactive ketones (excluding diaryl/α,β-unsaturated/α-hetero) is 3. The van der Waals surface area contributed by atoms with E-state index in [0.29, 0.717) is 30.3 Å². The average Bonchev–Trinajstić information content (AvgIpc) is 2.82. The van der Waals surface area contributed by atoms with Crippen LogP contribution in [0, 0.1) is 5.92 Å². The first-order chi connectivity index (χ1) is 9.18. The van der Waals surface area contributed by atoms with Crippen molar-refractivity contribution >= 4 is 22.9 Å². The highest BCUT2D eigenvalue weighted by Gasteiger charge is 2.37. The molecular weight excluding hydrogens is 244 g/mol. The largest absolute Gasteiger partial charge is 0.298 e. The summed E-state index contributed by atoms with van der Waals surface area (Å²) in [6, 6.07) is 5.33. The topological polar surface area (TPSA) is 68.5 Å². The van der Waals surface area contributed by atoms with Gasteiger partial charge in [0.2, 0.25) is 0 Å². The van der Waals surface area contributed by atoms with Gasteiger partial charge in [0.15, 0.2) is 17.3 Å². The number of hydrogen-bond acceptors (Lipinski definition) is 4. The number of ketones is 3. The Kier molecular flexibility index (Phi) is 2.74. The van der Waals surface area contributed by atoms with Gasteiger partial charge in [0.1, 0.15) is 5.92 Å². The van der Waals surface area contributed by atoms with Gasteiger partial charge in [-0.1, -0.05) is 6.07 Å². The molecular formula is C14H12N2O3. The zero-order valence-corrected chi connectivity index (χ0v) is 10.2.